The number of alkyl carbamates (subject to hydrolysis) is 2. The van der Waals surface area contributed by atoms with E-state index >= 15 is 4.39 Å². The molecule has 0 bridgehead atoms. The summed E-state index contributed by atoms with van der Waals surface area (Å²) < 4.78 is 34.7. The van der Waals surface area contributed by atoms with Gasteiger partial charge in [-0.25, -0.2) is 14.0 Å². The second-order valence-electron chi connectivity index (χ2n) is 17.2. The number of nitrogens with one attached hydrogen (secondary N) is 2. The number of aliphatic imine (C=N–C) groups is 2. The Morgan fingerprint density at radius 3 is 1.79 bits per heavy atom. The Hall–Kier alpha value is -5.99. The Kier molecular flexibility index (Phi) is 11.5. The number of likely N-dealkylation sites (tertiary alicyclic amines) is 2. The summed E-state index contributed by atoms with van der Waals surface area (Å²) in [6.45, 7) is 10.6. The normalized spacial score (nSPS) is 21.6. The first-order valence-corrected chi connectivity index (χ1v) is 21.3. The lowest BCUT2D eigenvalue weighted by Crippen LogP contribution is -2.53. The van der Waals surface area contributed by atoms with Crippen molar-refractivity contribution in [3.63, 3.8) is 0 Å². The highest BCUT2D eigenvalue weighted by molar-refractivity contribution is 6.06. The second-order valence-corrected chi connectivity index (χ2v) is 17.2. The number of amides is 4. The van der Waals surface area contributed by atoms with Gasteiger partial charge in [0, 0.05) is 60.7 Å². The van der Waals surface area contributed by atoms with E-state index in [0.29, 0.717) is 48.3 Å². The molecule has 4 amide bonds. The van der Waals surface area contributed by atoms with Gasteiger partial charge in [-0.1, -0.05) is 39.8 Å². The number of hydrogen-bond donors (Lipinski definition) is 2. The summed E-state index contributed by atoms with van der Waals surface area (Å²) in [6, 6.07) is 9.82. The van der Waals surface area contributed by atoms with Crippen LogP contribution in [-0.4, -0.2) is 101 Å². The number of fused-ring (bicyclic) bond motifs is 5. The van der Waals surface area contributed by atoms with E-state index in [2.05, 4.69) is 10.6 Å². The van der Waals surface area contributed by atoms with Gasteiger partial charge in [-0.15, -0.1) is 0 Å². The van der Waals surface area contributed by atoms with Crippen LogP contribution in [0.15, 0.2) is 58.8 Å². The molecule has 1 unspecified atom stereocenters. The van der Waals surface area contributed by atoms with Crippen LogP contribution in [0.25, 0.3) is 33.3 Å². The molecule has 0 radical (unpaired) electrons. The molecule has 0 spiro atoms. The second kappa shape index (κ2) is 16.8. The van der Waals surface area contributed by atoms with E-state index in [1.165, 1.54) is 14.2 Å². The van der Waals surface area contributed by atoms with Crippen LogP contribution in [-0.2, 0) is 19.1 Å². The van der Waals surface area contributed by atoms with Gasteiger partial charge in [-0.2, -0.15) is 0 Å². The fourth-order valence-electron chi connectivity index (χ4n) is 9.52. The molecule has 0 saturated carbocycles. The molecular formula is C46H54FN7O7. The van der Waals surface area contributed by atoms with Crippen LogP contribution in [0.2, 0.25) is 0 Å². The average molecular weight is 836 g/mol. The zero-order valence-corrected chi connectivity index (χ0v) is 35.8. The van der Waals surface area contributed by atoms with Gasteiger partial charge in [0.1, 0.15) is 17.8 Å². The molecular weight excluding hydrogens is 782 g/mol. The number of hydrogen-bond acceptors (Lipinski definition) is 9. The van der Waals surface area contributed by atoms with E-state index in [4.69, 9.17) is 24.2 Å². The van der Waals surface area contributed by atoms with E-state index in [9.17, 15) is 19.2 Å². The molecule has 2 saturated heterocycles. The number of methoxy groups -OCH3 is 2. The lowest BCUT2D eigenvalue weighted by atomic mass is 9.95. The van der Waals surface area contributed by atoms with Gasteiger partial charge in [-0.3, -0.25) is 19.6 Å². The van der Waals surface area contributed by atoms with Crippen molar-refractivity contribution in [2.75, 3.05) is 27.3 Å². The predicted molar refractivity (Wildman–Crippen MR) is 231 cm³/mol. The smallest absolute Gasteiger partial charge is 0.407 e. The van der Waals surface area contributed by atoms with Crippen LogP contribution < -0.4 is 15.4 Å². The first-order chi connectivity index (χ1) is 29.3. The Balaban J connectivity index is 0.974. The van der Waals surface area contributed by atoms with E-state index < -0.39 is 30.5 Å². The number of benzene rings is 2. The van der Waals surface area contributed by atoms with Crippen molar-refractivity contribution in [2.24, 2.45) is 21.8 Å². The minimum Gasteiger partial charge on any atom is -0.470 e. The third kappa shape index (κ3) is 7.67. The van der Waals surface area contributed by atoms with Crippen molar-refractivity contribution in [3.05, 3.63) is 65.7 Å². The summed E-state index contributed by atoms with van der Waals surface area (Å²) in [5.74, 6) is -0.305. The van der Waals surface area contributed by atoms with Gasteiger partial charge < -0.3 is 39.2 Å². The zero-order valence-electron chi connectivity index (χ0n) is 35.8. The highest BCUT2D eigenvalue weighted by Crippen LogP contribution is 2.46. The topological polar surface area (TPSA) is 156 Å². The summed E-state index contributed by atoms with van der Waals surface area (Å²) >= 11 is 0. The Bertz CT molecular complexity index is 2410. The van der Waals surface area contributed by atoms with Crippen LogP contribution in [0.3, 0.4) is 0 Å². The molecule has 5 aliphatic rings. The predicted octanol–water partition coefficient (Wildman–Crippen LogP) is 7.47. The molecule has 1 aromatic heterocycles. The van der Waals surface area contributed by atoms with Crippen molar-refractivity contribution >= 4 is 57.5 Å². The molecule has 0 aliphatic carbocycles. The van der Waals surface area contributed by atoms with Crippen LogP contribution in [0, 0.1) is 17.7 Å². The summed E-state index contributed by atoms with van der Waals surface area (Å²) in [4.78, 5) is 64.7. The highest BCUT2D eigenvalue weighted by Gasteiger charge is 2.40. The van der Waals surface area contributed by atoms with E-state index in [0.717, 1.165) is 64.9 Å². The van der Waals surface area contributed by atoms with Crippen LogP contribution in [0.1, 0.15) is 90.5 Å². The summed E-state index contributed by atoms with van der Waals surface area (Å²) in [5, 5.41) is 5.89. The fourth-order valence-corrected chi connectivity index (χ4v) is 9.52. The minimum absolute atomic E-state index is 0.125. The quantitative estimate of drug-likeness (QED) is 0.215. The number of ether oxygens (including phenoxy) is 3. The molecule has 15 heteroatoms. The molecule has 5 atom stereocenters. The molecule has 61 heavy (non-hydrogen) atoms. The molecule has 2 aromatic carbocycles. The Morgan fingerprint density at radius 2 is 1.28 bits per heavy atom. The van der Waals surface area contributed by atoms with E-state index in [-0.39, 0.29) is 41.6 Å². The first-order valence-electron chi connectivity index (χ1n) is 21.3. The Labute approximate surface area is 354 Å². The molecule has 322 valence electrons. The third-order valence-corrected chi connectivity index (χ3v) is 12.7. The summed E-state index contributed by atoms with van der Waals surface area (Å²) in [6.07, 6.45) is 6.20. The van der Waals surface area contributed by atoms with Gasteiger partial charge >= 0.3 is 12.2 Å². The number of allylic oxidation sites excluding steroid dienone is 2. The summed E-state index contributed by atoms with van der Waals surface area (Å²) in [7, 11) is 2.56. The first kappa shape index (κ1) is 41.7. The lowest BCUT2D eigenvalue weighted by molar-refractivity contribution is -0.134. The van der Waals surface area contributed by atoms with Gasteiger partial charge in [0.25, 0.3) is 0 Å². The number of carbonyl (C=O) groups excluding carboxylic acids is 4. The molecule has 14 nitrogen and oxygen atoms in total. The molecule has 2 fully saturated rings. The highest BCUT2D eigenvalue weighted by atomic mass is 19.1. The van der Waals surface area contributed by atoms with Gasteiger partial charge in [0.15, 0.2) is 12.0 Å². The number of nitrogens with zero attached hydrogens (tertiary/aromatic N) is 5. The molecule has 2 N–H and O–H groups in total. The maximum Gasteiger partial charge on any atom is 0.407 e. The third-order valence-electron chi connectivity index (χ3n) is 12.7. The molecule has 3 aromatic rings. The maximum atomic E-state index is 16.8. The van der Waals surface area contributed by atoms with Crippen molar-refractivity contribution in [3.8, 4) is 17.0 Å². The van der Waals surface area contributed by atoms with Gasteiger partial charge in [-0.05, 0) is 91.0 Å². The van der Waals surface area contributed by atoms with E-state index in [1.807, 2.05) is 97.8 Å². The van der Waals surface area contributed by atoms with Crippen molar-refractivity contribution in [2.45, 2.75) is 104 Å². The Morgan fingerprint density at radius 1 is 0.770 bits per heavy atom. The van der Waals surface area contributed by atoms with Gasteiger partial charge in [0.05, 0.1) is 37.5 Å². The maximum absolute atomic E-state index is 16.8. The molecule has 6 heterocycles. The largest absolute Gasteiger partial charge is 0.470 e. The molecule has 5 aliphatic heterocycles. The van der Waals surface area contributed by atoms with Crippen molar-refractivity contribution in [1.82, 2.24) is 25.0 Å². The average Bonchev–Trinajstić information content (AvgIpc) is 4.11. The van der Waals surface area contributed by atoms with Crippen LogP contribution in [0.4, 0.5) is 14.0 Å². The summed E-state index contributed by atoms with van der Waals surface area (Å²) in [5.41, 5.74) is 7.29. The SMILES string of the molecule is COC(=O)N[C@H](C(=O)N1CCC[C@H]1C1=NC=C(c2ccc3c(c2)OC(C)n2c-3c(F)c3cc(C4=CN=C([C@@H]5CCCN5C(=O)[C@@H](NC(=O)OC)C(C)C)C4)ccc32)C1)C(C)C. The van der Waals surface area contributed by atoms with Gasteiger partial charge in [0.2, 0.25) is 11.8 Å². The number of rotatable bonds is 10. The number of aromatic nitrogens is 1. The standard InChI is InChI=1S/C46H54FN7O7/c1-24(2)40(50-45(57)59-6)43(55)52-16-8-10-36(52)33-19-29(22-48-33)27-13-15-35-32(18-27)39(47)42-31-14-12-28(21-38(31)61-26(5)54(35)42)30-20-34(49-23-30)37-11-9-17-53(37)44(56)41(25(3)4)51-46(58)60-7/h12-15,18,21-26,36-37,40-41H,8-11,16-17,19-20H2,1-7H3,(H,50,57)(H,51,58)/t26?,36-,37-,40-,41-/m0/s1. The van der Waals surface area contributed by atoms with Crippen LogP contribution >= 0.6 is 0 Å². The monoisotopic (exact) mass is 835 g/mol. The van der Waals surface area contributed by atoms with E-state index in [1.54, 1.807) is 0 Å². The number of carbonyl (C=O) groups is 4. The van der Waals surface area contributed by atoms with Crippen molar-refractivity contribution in [1.29, 1.82) is 0 Å². The lowest BCUT2D eigenvalue weighted by Gasteiger charge is -2.31. The van der Waals surface area contributed by atoms with Crippen LogP contribution in [0.5, 0.6) is 5.75 Å². The zero-order chi connectivity index (χ0) is 43.3. The fraction of sp³-hybridized carbons (Fsp3) is 0.478. The minimum atomic E-state index is -0.715. The van der Waals surface area contributed by atoms with Crippen molar-refractivity contribution < 1.29 is 37.8 Å². The number of halogens is 1. The molecule has 8 rings (SSSR count).